The lowest BCUT2D eigenvalue weighted by molar-refractivity contribution is -0.138. The Bertz CT molecular complexity index is 1010. The molecule has 1 unspecified atom stereocenters. The van der Waals surface area contributed by atoms with Crippen molar-refractivity contribution in [1.82, 2.24) is 10.6 Å². The SMILES string of the molecule is CC(C)C(CC(=O)O)NC(=O)[C@@H](NC(=O)OCC1c2ccccc2-c2ccccc21)C(C)(C)C. The third kappa shape index (κ3) is 5.76. The van der Waals surface area contributed by atoms with E-state index in [1.54, 1.807) is 0 Å². The van der Waals surface area contributed by atoms with Crippen molar-refractivity contribution < 1.29 is 24.2 Å². The summed E-state index contributed by atoms with van der Waals surface area (Å²) in [5, 5.41) is 14.7. The van der Waals surface area contributed by atoms with Crippen LogP contribution in [-0.2, 0) is 14.3 Å². The Morgan fingerprint density at radius 2 is 1.47 bits per heavy atom. The molecule has 1 aliphatic carbocycles. The number of carbonyl (C=O) groups is 3. The number of rotatable bonds is 8. The van der Waals surface area contributed by atoms with Crippen molar-refractivity contribution in [3.8, 4) is 11.1 Å². The molecule has 2 aromatic rings. The number of aliphatic carboxylic acids is 1. The van der Waals surface area contributed by atoms with Gasteiger partial charge >= 0.3 is 12.1 Å². The molecule has 0 heterocycles. The number of ether oxygens (including phenoxy) is 1. The Balaban J connectivity index is 1.69. The summed E-state index contributed by atoms with van der Waals surface area (Å²) in [5.41, 5.74) is 3.87. The minimum atomic E-state index is -0.990. The Hall–Kier alpha value is -3.35. The van der Waals surface area contributed by atoms with Crippen LogP contribution in [0.1, 0.15) is 58.1 Å². The van der Waals surface area contributed by atoms with E-state index >= 15 is 0 Å². The van der Waals surface area contributed by atoms with Crippen molar-refractivity contribution in [1.29, 1.82) is 0 Å². The zero-order valence-corrected chi connectivity index (χ0v) is 20.4. The number of carbonyl (C=O) groups excluding carboxylic acids is 2. The first kappa shape index (κ1) is 25.3. The second-order valence-corrected chi connectivity index (χ2v) is 10.2. The molecule has 0 spiro atoms. The van der Waals surface area contributed by atoms with Crippen molar-refractivity contribution in [2.24, 2.45) is 11.3 Å². The summed E-state index contributed by atoms with van der Waals surface area (Å²) in [7, 11) is 0. The fourth-order valence-electron chi connectivity index (χ4n) is 4.34. The lowest BCUT2D eigenvalue weighted by Crippen LogP contribution is -2.56. The van der Waals surface area contributed by atoms with Gasteiger partial charge in [0.25, 0.3) is 0 Å². The lowest BCUT2D eigenvalue weighted by Gasteiger charge is -2.32. The summed E-state index contributed by atoms with van der Waals surface area (Å²) in [6, 6.07) is 14.7. The van der Waals surface area contributed by atoms with Gasteiger partial charge in [-0.3, -0.25) is 9.59 Å². The Morgan fingerprint density at radius 1 is 0.941 bits per heavy atom. The Labute approximate surface area is 200 Å². The average Bonchev–Trinajstić information content (AvgIpc) is 3.08. The van der Waals surface area contributed by atoms with Gasteiger partial charge in [0.2, 0.25) is 5.91 Å². The first-order chi connectivity index (χ1) is 16.0. The molecule has 7 heteroatoms. The molecule has 2 amide bonds. The highest BCUT2D eigenvalue weighted by Crippen LogP contribution is 2.44. The number of nitrogens with one attached hydrogen (secondary N) is 2. The highest BCUT2D eigenvalue weighted by Gasteiger charge is 2.36. The van der Waals surface area contributed by atoms with Crippen LogP contribution >= 0.6 is 0 Å². The quantitative estimate of drug-likeness (QED) is 0.529. The highest BCUT2D eigenvalue weighted by atomic mass is 16.5. The van der Waals surface area contributed by atoms with Gasteiger partial charge in [0.1, 0.15) is 12.6 Å². The largest absolute Gasteiger partial charge is 0.481 e. The predicted octanol–water partition coefficient (Wildman–Crippen LogP) is 4.56. The van der Waals surface area contributed by atoms with Crippen molar-refractivity contribution in [2.75, 3.05) is 6.61 Å². The van der Waals surface area contributed by atoms with Crippen LogP contribution in [-0.4, -0.2) is 41.8 Å². The van der Waals surface area contributed by atoms with Crippen molar-refractivity contribution in [2.45, 2.75) is 59.0 Å². The average molecular weight is 467 g/mol. The number of carboxylic acid groups (broad SMARTS) is 1. The van der Waals surface area contributed by atoms with Crippen LogP contribution in [0, 0.1) is 11.3 Å². The maximum atomic E-state index is 13.0. The van der Waals surface area contributed by atoms with Gasteiger partial charge in [-0.1, -0.05) is 83.1 Å². The second-order valence-electron chi connectivity index (χ2n) is 10.2. The van der Waals surface area contributed by atoms with Crippen LogP contribution in [0.5, 0.6) is 0 Å². The molecule has 0 radical (unpaired) electrons. The molecule has 7 nitrogen and oxygen atoms in total. The first-order valence-electron chi connectivity index (χ1n) is 11.6. The summed E-state index contributed by atoms with van der Waals surface area (Å²) in [6.45, 7) is 9.34. The number of hydrogen-bond acceptors (Lipinski definition) is 4. The van der Waals surface area contributed by atoms with Crippen LogP contribution in [0.2, 0.25) is 0 Å². The molecule has 2 aromatic carbocycles. The van der Waals surface area contributed by atoms with Crippen LogP contribution in [0.15, 0.2) is 48.5 Å². The molecule has 3 N–H and O–H groups in total. The van der Waals surface area contributed by atoms with Crippen LogP contribution in [0.25, 0.3) is 11.1 Å². The topological polar surface area (TPSA) is 105 Å². The molecule has 0 saturated heterocycles. The lowest BCUT2D eigenvalue weighted by atomic mass is 9.85. The van der Waals surface area contributed by atoms with E-state index in [0.29, 0.717) is 0 Å². The molecule has 1 aliphatic rings. The number of amides is 2. The van der Waals surface area contributed by atoms with Crippen molar-refractivity contribution >= 4 is 18.0 Å². The zero-order chi connectivity index (χ0) is 25.0. The number of fused-ring (bicyclic) bond motifs is 3. The standard InChI is InChI=1S/C27H34N2O5/c1-16(2)22(14-23(30)31)28-25(32)24(27(3,4)5)29-26(33)34-15-21-19-12-8-6-10-17(19)18-11-7-9-13-20(18)21/h6-13,16,21-22,24H,14-15H2,1-5H3,(H,28,32)(H,29,33)(H,30,31)/t22?,24-/m1/s1. The maximum absolute atomic E-state index is 13.0. The molecule has 34 heavy (non-hydrogen) atoms. The van der Waals surface area contributed by atoms with Gasteiger partial charge in [0, 0.05) is 12.0 Å². The number of hydrogen-bond donors (Lipinski definition) is 3. The summed E-state index contributed by atoms with van der Waals surface area (Å²) in [6.07, 6.45) is -0.873. The fourth-order valence-corrected chi connectivity index (χ4v) is 4.34. The summed E-state index contributed by atoms with van der Waals surface area (Å²) in [5.74, 6) is -1.58. The molecule has 0 fully saturated rings. The van der Waals surface area contributed by atoms with E-state index in [4.69, 9.17) is 9.84 Å². The van der Waals surface area contributed by atoms with E-state index in [2.05, 4.69) is 22.8 Å². The summed E-state index contributed by atoms with van der Waals surface area (Å²) < 4.78 is 5.61. The molecule has 2 atom stereocenters. The molecule has 0 bridgehead atoms. The van der Waals surface area contributed by atoms with E-state index in [1.165, 1.54) is 0 Å². The van der Waals surface area contributed by atoms with E-state index < -0.39 is 35.5 Å². The van der Waals surface area contributed by atoms with Gasteiger partial charge in [-0.2, -0.15) is 0 Å². The maximum Gasteiger partial charge on any atom is 0.407 e. The van der Waals surface area contributed by atoms with Crippen LogP contribution in [0.3, 0.4) is 0 Å². The van der Waals surface area contributed by atoms with E-state index in [-0.39, 0.29) is 24.9 Å². The van der Waals surface area contributed by atoms with Gasteiger partial charge in [0.15, 0.2) is 0 Å². The van der Waals surface area contributed by atoms with Gasteiger partial charge in [-0.05, 0) is 33.6 Å². The van der Waals surface area contributed by atoms with E-state index in [9.17, 15) is 14.4 Å². The van der Waals surface area contributed by atoms with E-state index in [1.807, 2.05) is 71.0 Å². The molecule has 182 valence electrons. The van der Waals surface area contributed by atoms with Gasteiger partial charge in [-0.15, -0.1) is 0 Å². The molecular formula is C27H34N2O5. The minimum Gasteiger partial charge on any atom is -0.481 e. The van der Waals surface area contributed by atoms with Crippen LogP contribution < -0.4 is 10.6 Å². The van der Waals surface area contributed by atoms with Crippen LogP contribution in [0.4, 0.5) is 4.79 Å². The first-order valence-corrected chi connectivity index (χ1v) is 11.6. The van der Waals surface area contributed by atoms with E-state index in [0.717, 1.165) is 22.3 Å². The van der Waals surface area contributed by atoms with Gasteiger partial charge in [0.05, 0.1) is 6.42 Å². The summed E-state index contributed by atoms with van der Waals surface area (Å²) >= 11 is 0. The smallest absolute Gasteiger partial charge is 0.407 e. The second kappa shape index (κ2) is 10.3. The molecule has 0 aliphatic heterocycles. The third-order valence-electron chi connectivity index (χ3n) is 6.26. The van der Waals surface area contributed by atoms with Gasteiger partial charge in [-0.25, -0.2) is 4.79 Å². The normalized spacial score (nSPS) is 14.6. The molecule has 0 aromatic heterocycles. The van der Waals surface area contributed by atoms with Gasteiger partial charge < -0.3 is 20.5 Å². The third-order valence-corrected chi connectivity index (χ3v) is 6.26. The number of carboxylic acids is 1. The Morgan fingerprint density at radius 3 is 1.94 bits per heavy atom. The zero-order valence-electron chi connectivity index (χ0n) is 20.4. The monoisotopic (exact) mass is 466 g/mol. The fraction of sp³-hybridized carbons (Fsp3) is 0.444. The minimum absolute atomic E-state index is 0.0740. The number of alkyl carbamates (subject to hydrolysis) is 1. The number of benzene rings is 2. The Kier molecular flexibility index (Phi) is 7.64. The van der Waals surface area contributed by atoms with Crippen molar-refractivity contribution in [3.05, 3.63) is 59.7 Å². The van der Waals surface area contributed by atoms with Crippen molar-refractivity contribution in [3.63, 3.8) is 0 Å². The molecule has 0 saturated carbocycles. The summed E-state index contributed by atoms with van der Waals surface area (Å²) in [4.78, 5) is 37.0. The molecule has 3 rings (SSSR count). The molecular weight excluding hydrogens is 432 g/mol. The highest BCUT2D eigenvalue weighted by molar-refractivity contribution is 5.87. The predicted molar refractivity (Wildman–Crippen MR) is 130 cm³/mol.